The van der Waals surface area contributed by atoms with E-state index in [0.717, 1.165) is 37.2 Å². The first-order valence-corrected chi connectivity index (χ1v) is 8.45. The zero-order valence-corrected chi connectivity index (χ0v) is 13.4. The van der Waals surface area contributed by atoms with Gasteiger partial charge in [-0.25, -0.2) is 0 Å². The molecule has 0 radical (unpaired) electrons. The number of aliphatic carboxylic acids is 1. The maximum atomic E-state index is 11.2. The highest BCUT2D eigenvalue weighted by Gasteiger charge is 2.31. The van der Waals surface area contributed by atoms with Crippen molar-refractivity contribution >= 4 is 17.7 Å². The second kappa shape index (κ2) is 7.07. The van der Waals surface area contributed by atoms with E-state index in [1.807, 2.05) is 18.4 Å². The van der Waals surface area contributed by atoms with Crippen LogP contribution in [0, 0.1) is 0 Å². The highest BCUT2D eigenvalue weighted by molar-refractivity contribution is 8.00. The van der Waals surface area contributed by atoms with Crippen LogP contribution < -0.4 is 9.47 Å². The Bertz CT molecular complexity index is 503. The number of hydrogen-bond donors (Lipinski definition) is 1. The summed E-state index contributed by atoms with van der Waals surface area (Å²) in [7, 11) is 0. The van der Waals surface area contributed by atoms with E-state index in [9.17, 15) is 9.90 Å². The van der Waals surface area contributed by atoms with E-state index in [0.29, 0.717) is 13.2 Å². The van der Waals surface area contributed by atoms with Crippen LogP contribution >= 0.6 is 11.8 Å². The number of carboxylic acid groups (broad SMARTS) is 1. The predicted molar refractivity (Wildman–Crippen MR) is 84.3 cm³/mol. The number of fused-ring (bicyclic) bond motifs is 1. The Kier molecular flexibility index (Phi) is 5.39. The normalized spacial score (nSPS) is 15.7. The van der Waals surface area contributed by atoms with Crippen LogP contribution in [0.25, 0.3) is 0 Å². The van der Waals surface area contributed by atoms with Gasteiger partial charge in [0, 0.05) is 0 Å². The fourth-order valence-corrected chi connectivity index (χ4v) is 2.88. The molecule has 0 saturated carbocycles. The molecule has 0 aliphatic carbocycles. The maximum absolute atomic E-state index is 11.2. The van der Waals surface area contributed by atoms with Crippen molar-refractivity contribution in [2.45, 2.75) is 43.8 Å². The van der Waals surface area contributed by atoms with Gasteiger partial charge >= 0.3 is 5.97 Å². The third kappa shape index (κ3) is 4.06. The minimum atomic E-state index is -0.717. The van der Waals surface area contributed by atoms with E-state index >= 15 is 0 Å². The van der Waals surface area contributed by atoms with Crippen LogP contribution in [0.15, 0.2) is 18.2 Å². The van der Waals surface area contributed by atoms with Crippen LogP contribution in [-0.2, 0) is 11.2 Å². The summed E-state index contributed by atoms with van der Waals surface area (Å²) in [6.07, 6.45) is 6.60. The number of carbonyl (C=O) groups is 1. The molecule has 0 fully saturated rings. The van der Waals surface area contributed by atoms with Crippen LogP contribution in [-0.4, -0.2) is 28.9 Å². The van der Waals surface area contributed by atoms with Crippen molar-refractivity contribution in [1.29, 1.82) is 0 Å². The van der Waals surface area contributed by atoms with Crippen molar-refractivity contribution in [1.82, 2.24) is 0 Å². The van der Waals surface area contributed by atoms with Gasteiger partial charge in [-0.1, -0.05) is 18.9 Å². The summed E-state index contributed by atoms with van der Waals surface area (Å²) >= 11 is 1.42. The number of rotatable bonds is 8. The molecular weight excluding hydrogens is 288 g/mol. The van der Waals surface area contributed by atoms with Crippen LogP contribution in [0.3, 0.4) is 0 Å². The number of aryl methyl sites for hydroxylation is 1. The van der Waals surface area contributed by atoms with E-state index in [4.69, 9.17) is 9.47 Å². The van der Waals surface area contributed by atoms with Gasteiger partial charge in [0.15, 0.2) is 11.5 Å². The van der Waals surface area contributed by atoms with Gasteiger partial charge in [-0.3, -0.25) is 4.79 Å². The molecule has 21 heavy (non-hydrogen) atoms. The molecule has 0 aromatic heterocycles. The van der Waals surface area contributed by atoms with Gasteiger partial charge in [-0.2, -0.15) is 0 Å². The molecule has 1 aromatic carbocycles. The van der Waals surface area contributed by atoms with Gasteiger partial charge in [-0.05, 0) is 50.1 Å². The molecule has 2 rings (SSSR count). The third-order valence-electron chi connectivity index (χ3n) is 3.96. The molecule has 0 bridgehead atoms. The average molecular weight is 310 g/mol. The quantitative estimate of drug-likeness (QED) is 0.742. The molecule has 116 valence electrons. The Morgan fingerprint density at radius 2 is 2.05 bits per heavy atom. The predicted octanol–water partition coefficient (Wildman–Crippen LogP) is 3.72. The molecule has 0 saturated heterocycles. The van der Waals surface area contributed by atoms with E-state index in [-0.39, 0.29) is 0 Å². The van der Waals surface area contributed by atoms with Gasteiger partial charge in [0.2, 0.25) is 6.79 Å². The Morgan fingerprint density at radius 3 is 2.76 bits per heavy atom. The minimum absolute atomic E-state index is 0.307. The van der Waals surface area contributed by atoms with Crippen molar-refractivity contribution in [3.05, 3.63) is 23.8 Å². The largest absolute Gasteiger partial charge is 0.480 e. The van der Waals surface area contributed by atoms with Crippen LogP contribution in [0.2, 0.25) is 0 Å². The molecule has 1 aliphatic heterocycles. The highest BCUT2D eigenvalue weighted by atomic mass is 32.2. The van der Waals surface area contributed by atoms with Crippen molar-refractivity contribution in [3.8, 4) is 11.5 Å². The molecular formula is C16H22O4S. The lowest BCUT2D eigenvalue weighted by atomic mass is 10.0. The monoisotopic (exact) mass is 310 g/mol. The SMILES string of the molecule is CSC(C)(CCCCCc1ccc2c(c1)OCO2)C(=O)O. The van der Waals surface area contributed by atoms with E-state index in [2.05, 4.69) is 6.07 Å². The van der Waals surface area contributed by atoms with E-state index in [1.54, 1.807) is 6.92 Å². The van der Waals surface area contributed by atoms with Crippen molar-refractivity contribution in [2.75, 3.05) is 13.0 Å². The maximum Gasteiger partial charge on any atom is 0.319 e. The molecule has 4 nitrogen and oxygen atoms in total. The molecule has 0 amide bonds. The summed E-state index contributed by atoms with van der Waals surface area (Å²) in [5, 5.41) is 9.21. The Morgan fingerprint density at radius 1 is 1.29 bits per heavy atom. The number of benzene rings is 1. The Labute approximate surface area is 129 Å². The summed E-state index contributed by atoms with van der Waals surface area (Å²) in [4.78, 5) is 11.2. The number of ether oxygens (including phenoxy) is 2. The fraction of sp³-hybridized carbons (Fsp3) is 0.562. The Hall–Kier alpha value is -1.36. The standard InChI is InChI=1S/C16H22O4S/c1-16(21-2,15(17)18)9-5-3-4-6-12-7-8-13-14(10-12)20-11-19-13/h7-8,10H,3-6,9,11H2,1-2H3,(H,17,18). The molecule has 1 atom stereocenters. The lowest BCUT2D eigenvalue weighted by molar-refractivity contribution is -0.139. The van der Waals surface area contributed by atoms with Crippen LogP contribution in [0.5, 0.6) is 11.5 Å². The van der Waals surface area contributed by atoms with Gasteiger partial charge < -0.3 is 14.6 Å². The van der Waals surface area contributed by atoms with Gasteiger partial charge in [0.1, 0.15) is 4.75 Å². The zero-order valence-electron chi connectivity index (χ0n) is 12.6. The molecule has 0 spiro atoms. The molecule has 5 heteroatoms. The lowest BCUT2D eigenvalue weighted by Crippen LogP contribution is -2.30. The third-order valence-corrected chi connectivity index (χ3v) is 5.24. The number of hydrogen-bond acceptors (Lipinski definition) is 4. The first-order valence-electron chi connectivity index (χ1n) is 7.22. The van der Waals surface area contributed by atoms with Crippen molar-refractivity contribution in [2.24, 2.45) is 0 Å². The van der Waals surface area contributed by atoms with Gasteiger partial charge in [-0.15, -0.1) is 11.8 Å². The smallest absolute Gasteiger partial charge is 0.319 e. The first kappa shape index (κ1) is 16.0. The van der Waals surface area contributed by atoms with E-state index < -0.39 is 10.7 Å². The topological polar surface area (TPSA) is 55.8 Å². The molecule has 1 unspecified atom stereocenters. The molecule has 1 N–H and O–H groups in total. The summed E-state index contributed by atoms with van der Waals surface area (Å²) in [5.74, 6) is 0.926. The molecule has 1 aromatic rings. The van der Waals surface area contributed by atoms with Crippen LogP contribution in [0.4, 0.5) is 0 Å². The second-order valence-corrected chi connectivity index (χ2v) is 6.80. The summed E-state index contributed by atoms with van der Waals surface area (Å²) in [5.41, 5.74) is 1.24. The number of carboxylic acids is 1. The Balaban J connectivity index is 1.72. The lowest BCUT2D eigenvalue weighted by Gasteiger charge is -2.21. The summed E-state index contributed by atoms with van der Waals surface area (Å²) in [6, 6.07) is 6.05. The van der Waals surface area contributed by atoms with Crippen molar-refractivity contribution in [3.63, 3.8) is 0 Å². The van der Waals surface area contributed by atoms with Gasteiger partial charge in [0.05, 0.1) is 0 Å². The zero-order chi connectivity index (χ0) is 15.3. The average Bonchev–Trinajstić information content (AvgIpc) is 2.94. The number of unbranched alkanes of at least 4 members (excludes halogenated alkanes) is 2. The first-order chi connectivity index (χ1) is 10.0. The minimum Gasteiger partial charge on any atom is -0.480 e. The highest BCUT2D eigenvalue weighted by Crippen LogP contribution is 2.33. The second-order valence-electron chi connectivity index (χ2n) is 5.49. The molecule has 1 aliphatic rings. The van der Waals surface area contributed by atoms with Crippen molar-refractivity contribution < 1.29 is 19.4 Å². The summed E-state index contributed by atoms with van der Waals surface area (Å²) in [6.45, 7) is 2.11. The molecule has 1 heterocycles. The van der Waals surface area contributed by atoms with E-state index in [1.165, 1.54) is 17.3 Å². The van der Waals surface area contributed by atoms with Crippen LogP contribution in [0.1, 0.15) is 38.2 Å². The fourth-order valence-electron chi connectivity index (χ4n) is 2.36. The van der Waals surface area contributed by atoms with Gasteiger partial charge in [0.25, 0.3) is 0 Å². The summed E-state index contributed by atoms with van der Waals surface area (Å²) < 4.78 is 10.00. The number of thioether (sulfide) groups is 1.